The normalized spacial score (nSPS) is 13.9. The van der Waals surface area contributed by atoms with Crippen LogP contribution in [0.5, 0.6) is 0 Å². The van der Waals surface area contributed by atoms with Gasteiger partial charge in [0.15, 0.2) is 0 Å². The number of nitrogens with two attached hydrogens (primary N) is 1. The Labute approximate surface area is 86.2 Å². The van der Waals surface area contributed by atoms with Gasteiger partial charge in [-0.3, -0.25) is 0 Å². The maximum atomic E-state index is 12.1. The summed E-state index contributed by atoms with van der Waals surface area (Å²) < 4.78 is 24.3. The zero-order chi connectivity index (χ0) is 10.7. The van der Waals surface area contributed by atoms with Gasteiger partial charge in [-0.15, -0.1) is 11.3 Å². The summed E-state index contributed by atoms with van der Waals surface area (Å²) in [4.78, 5) is 4.24. The Hall–Kier alpha value is -0.550. The number of rotatable bonds is 4. The van der Waals surface area contributed by atoms with Crippen LogP contribution in [0.15, 0.2) is 5.38 Å². The molecule has 1 aromatic heterocycles. The van der Waals surface area contributed by atoms with Crippen LogP contribution in [0.4, 0.5) is 8.78 Å². The van der Waals surface area contributed by atoms with Gasteiger partial charge in [-0.25, -0.2) is 13.8 Å². The number of alkyl halides is 2. The molecule has 2 nitrogen and oxygen atoms in total. The van der Waals surface area contributed by atoms with Gasteiger partial charge in [-0.2, -0.15) is 0 Å². The molecule has 14 heavy (non-hydrogen) atoms. The highest BCUT2D eigenvalue weighted by Crippen LogP contribution is 2.20. The van der Waals surface area contributed by atoms with Gasteiger partial charge < -0.3 is 5.73 Å². The van der Waals surface area contributed by atoms with Crippen LogP contribution in [0, 0.1) is 0 Å². The first-order chi connectivity index (χ1) is 6.50. The highest BCUT2D eigenvalue weighted by atomic mass is 32.1. The molecule has 0 bridgehead atoms. The summed E-state index contributed by atoms with van der Waals surface area (Å²) in [6.07, 6.45) is -2.32. The minimum absolute atomic E-state index is 0.154. The van der Waals surface area contributed by atoms with Crippen LogP contribution < -0.4 is 5.73 Å². The van der Waals surface area contributed by atoms with E-state index in [9.17, 15) is 8.78 Å². The predicted molar refractivity (Wildman–Crippen MR) is 53.9 cm³/mol. The van der Waals surface area contributed by atoms with Crippen LogP contribution in [0.25, 0.3) is 0 Å². The van der Waals surface area contributed by atoms with Crippen molar-refractivity contribution >= 4 is 11.3 Å². The maximum absolute atomic E-state index is 12.1. The average molecular weight is 220 g/mol. The van der Waals surface area contributed by atoms with Crippen LogP contribution in [-0.2, 0) is 6.42 Å². The summed E-state index contributed by atoms with van der Waals surface area (Å²) >= 11 is 1.50. The lowest BCUT2D eigenvalue weighted by atomic mass is 10.2. The van der Waals surface area contributed by atoms with E-state index < -0.39 is 12.5 Å². The minimum Gasteiger partial charge on any atom is -0.323 e. The Morgan fingerprint density at radius 3 is 2.57 bits per heavy atom. The van der Waals surface area contributed by atoms with Crippen LogP contribution in [0.3, 0.4) is 0 Å². The van der Waals surface area contributed by atoms with E-state index in [1.54, 1.807) is 5.38 Å². The molecule has 0 aliphatic heterocycles. The quantitative estimate of drug-likeness (QED) is 0.846. The standard InChI is InChI=1S/C9H14F2N2S/c1-5(2)9-13-6(4-14-9)3-7(12)8(10)11/h4-5,7-8H,3,12H2,1-2H3. The van der Waals surface area contributed by atoms with Gasteiger partial charge in [0.05, 0.1) is 16.7 Å². The van der Waals surface area contributed by atoms with Crippen molar-refractivity contribution in [3.05, 3.63) is 16.1 Å². The van der Waals surface area contributed by atoms with E-state index >= 15 is 0 Å². The van der Waals surface area contributed by atoms with Crippen LogP contribution in [0.2, 0.25) is 0 Å². The summed E-state index contributed by atoms with van der Waals surface area (Å²) in [6, 6.07) is -1.10. The van der Waals surface area contributed by atoms with Crippen molar-refractivity contribution < 1.29 is 8.78 Å². The number of thiazole rings is 1. The van der Waals surface area contributed by atoms with Gasteiger partial charge in [0.1, 0.15) is 0 Å². The van der Waals surface area contributed by atoms with Crippen molar-refractivity contribution in [2.45, 2.75) is 38.7 Å². The largest absolute Gasteiger partial charge is 0.323 e. The fraction of sp³-hybridized carbons (Fsp3) is 0.667. The van der Waals surface area contributed by atoms with Crippen molar-refractivity contribution in [1.82, 2.24) is 4.98 Å². The topological polar surface area (TPSA) is 38.9 Å². The molecule has 1 aromatic rings. The molecule has 1 atom stereocenters. The van der Waals surface area contributed by atoms with Gasteiger partial charge in [0.25, 0.3) is 6.43 Å². The fourth-order valence-electron chi connectivity index (χ4n) is 1.01. The number of hydrogen-bond donors (Lipinski definition) is 1. The lowest BCUT2D eigenvalue weighted by molar-refractivity contribution is 0.115. The summed E-state index contributed by atoms with van der Waals surface area (Å²) in [6.45, 7) is 4.05. The molecule has 0 aliphatic carbocycles. The van der Waals surface area contributed by atoms with Crippen LogP contribution >= 0.6 is 11.3 Å². The number of halogens is 2. The van der Waals surface area contributed by atoms with Gasteiger partial charge in [0, 0.05) is 17.7 Å². The highest BCUT2D eigenvalue weighted by Gasteiger charge is 2.17. The Morgan fingerprint density at radius 1 is 1.50 bits per heavy atom. The Bertz CT molecular complexity index is 286. The number of nitrogens with zero attached hydrogens (tertiary/aromatic N) is 1. The predicted octanol–water partition coefficient (Wildman–Crippen LogP) is 2.40. The molecule has 0 amide bonds. The van der Waals surface area contributed by atoms with E-state index in [0.717, 1.165) is 5.01 Å². The molecular formula is C9H14F2N2S. The molecule has 0 aromatic carbocycles. The molecule has 5 heteroatoms. The highest BCUT2D eigenvalue weighted by molar-refractivity contribution is 7.09. The molecule has 0 saturated heterocycles. The van der Waals surface area contributed by atoms with E-state index in [1.165, 1.54) is 11.3 Å². The third kappa shape index (κ3) is 2.99. The van der Waals surface area contributed by atoms with Crippen molar-refractivity contribution in [3.8, 4) is 0 Å². The fourth-order valence-corrected chi connectivity index (χ4v) is 1.86. The van der Waals surface area contributed by atoms with Gasteiger partial charge in [-0.1, -0.05) is 13.8 Å². The first kappa shape index (κ1) is 11.5. The van der Waals surface area contributed by atoms with Crippen molar-refractivity contribution in [2.24, 2.45) is 5.73 Å². The van der Waals surface area contributed by atoms with Gasteiger partial charge in [-0.05, 0) is 0 Å². The van der Waals surface area contributed by atoms with E-state index in [2.05, 4.69) is 4.98 Å². The number of aromatic nitrogens is 1. The van der Waals surface area contributed by atoms with E-state index in [4.69, 9.17) is 5.73 Å². The van der Waals surface area contributed by atoms with Crippen molar-refractivity contribution in [2.75, 3.05) is 0 Å². The summed E-state index contributed by atoms with van der Waals surface area (Å²) in [5, 5.41) is 2.78. The summed E-state index contributed by atoms with van der Waals surface area (Å²) in [7, 11) is 0. The lowest BCUT2D eigenvalue weighted by Crippen LogP contribution is -2.31. The van der Waals surface area contributed by atoms with Gasteiger partial charge in [0.2, 0.25) is 0 Å². The first-order valence-electron chi connectivity index (χ1n) is 4.48. The third-order valence-corrected chi connectivity index (χ3v) is 3.03. The zero-order valence-corrected chi connectivity index (χ0v) is 9.02. The molecule has 1 heterocycles. The second-order valence-electron chi connectivity index (χ2n) is 3.53. The maximum Gasteiger partial charge on any atom is 0.253 e. The molecule has 0 fully saturated rings. The first-order valence-corrected chi connectivity index (χ1v) is 5.36. The van der Waals surface area contributed by atoms with Crippen molar-refractivity contribution in [1.29, 1.82) is 0 Å². The minimum atomic E-state index is -2.47. The molecule has 1 rings (SSSR count). The molecule has 1 unspecified atom stereocenters. The smallest absolute Gasteiger partial charge is 0.253 e. The molecule has 80 valence electrons. The Morgan fingerprint density at radius 2 is 2.14 bits per heavy atom. The second kappa shape index (κ2) is 4.79. The van der Waals surface area contributed by atoms with Crippen molar-refractivity contribution in [3.63, 3.8) is 0 Å². The van der Waals surface area contributed by atoms with E-state index in [1.807, 2.05) is 13.8 Å². The monoisotopic (exact) mass is 220 g/mol. The van der Waals surface area contributed by atoms with Crippen LogP contribution in [-0.4, -0.2) is 17.5 Å². The molecule has 0 aliphatic rings. The summed E-state index contributed by atoms with van der Waals surface area (Å²) in [5.74, 6) is 0.344. The molecule has 0 radical (unpaired) electrons. The molecule has 0 spiro atoms. The lowest BCUT2D eigenvalue weighted by Gasteiger charge is -2.07. The molecule has 2 N–H and O–H groups in total. The van der Waals surface area contributed by atoms with Gasteiger partial charge >= 0.3 is 0 Å². The molecular weight excluding hydrogens is 206 g/mol. The van der Waals surface area contributed by atoms with Crippen LogP contribution in [0.1, 0.15) is 30.5 Å². The second-order valence-corrected chi connectivity index (χ2v) is 4.42. The Balaban J connectivity index is 2.60. The number of hydrogen-bond acceptors (Lipinski definition) is 3. The Kier molecular flexibility index (Phi) is 3.95. The SMILES string of the molecule is CC(C)c1nc(CC(N)C(F)F)cs1. The summed E-state index contributed by atoms with van der Waals surface area (Å²) in [5.41, 5.74) is 5.92. The average Bonchev–Trinajstić information content (AvgIpc) is 2.52. The van der Waals surface area contributed by atoms with E-state index in [-0.39, 0.29) is 6.42 Å². The third-order valence-electron chi connectivity index (χ3n) is 1.83. The zero-order valence-electron chi connectivity index (χ0n) is 8.21. The molecule has 0 saturated carbocycles. The van der Waals surface area contributed by atoms with E-state index in [0.29, 0.717) is 11.6 Å².